The van der Waals surface area contributed by atoms with E-state index in [4.69, 9.17) is 4.74 Å². The first-order valence-corrected chi connectivity index (χ1v) is 10.5. The van der Waals surface area contributed by atoms with Crippen LogP contribution in [0.3, 0.4) is 0 Å². The lowest BCUT2D eigenvalue weighted by Gasteiger charge is -2.18. The Morgan fingerprint density at radius 1 is 1.18 bits per heavy atom. The molecular formula is C22H24N2O3S. The highest BCUT2D eigenvalue weighted by Gasteiger charge is 2.25. The van der Waals surface area contributed by atoms with Crippen molar-refractivity contribution in [3.63, 3.8) is 0 Å². The fourth-order valence-corrected chi connectivity index (χ4v) is 3.93. The number of rotatable bonds is 8. The molecule has 0 bridgehead atoms. The molecular weight excluding hydrogens is 372 g/mol. The van der Waals surface area contributed by atoms with Gasteiger partial charge in [0.1, 0.15) is 16.8 Å². The van der Waals surface area contributed by atoms with E-state index >= 15 is 0 Å². The number of benzene rings is 2. The van der Waals surface area contributed by atoms with Crippen LogP contribution in [0.5, 0.6) is 5.75 Å². The quantitative estimate of drug-likeness (QED) is 0.555. The molecule has 0 radical (unpaired) electrons. The SMILES string of the molecule is CC(C)CC(C(=O)O)c1ccc(OCC2CC2)c(-c2ccc3nsnc3c2)c1. The van der Waals surface area contributed by atoms with Crippen molar-refractivity contribution in [2.24, 2.45) is 11.8 Å². The minimum absolute atomic E-state index is 0.299. The summed E-state index contributed by atoms with van der Waals surface area (Å²) in [5, 5.41) is 9.76. The third-order valence-corrected chi connectivity index (χ3v) is 5.70. The normalized spacial score (nSPS) is 15.1. The predicted octanol–water partition coefficient (Wildman–Crippen LogP) is 5.36. The molecule has 0 saturated heterocycles. The van der Waals surface area contributed by atoms with Crippen molar-refractivity contribution in [2.45, 2.75) is 39.0 Å². The number of carbonyl (C=O) groups is 1. The first-order chi connectivity index (χ1) is 13.5. The molecule has 0 spiro atoms. The number of nitrogens with zero attached hydrogens (tertiary/aromatic N) is 2. The van der Waals surface area contributed by atoms with Crippen LogP contribution in [0.15, 0.2) is 36.4 Å². The molecule has 1 heterocycles. The van der Waals surface area contributed by atoms with Gasteiger partial charge >= 0.3 is 5.97 Å². The van der Waals surface area contributed by atoms with Crippen LogP contribution in [-0.2, 0) is 4.79 Å². The first kappa shape index (κ1) is 18.9. The number of fused-ring (bicyclic) bond motifs is 1. The zero-order valence-corrected chi connectivity index (χ0v) is 16.9. The van der Waals surface area contributed by atoms with E-state index < -0.39 is 11.9 Å². The van der Waals surface area contributed by atoms with Crippen molar-refractivity contribution in [3.05, 3.63) is 42.0 Å². The maximum Gasteiger partial charge on any atom is 0.310 e. The molecule has 28 heavy (non-hydrogen) atoms. The van der Waals surface area contributed by atoms with Gasteiger partial charge in [-0.15, -0.1) is 0 Å². The summed E-state index contributed by atoms with van der Waals surface area (Å²) >= 11 is 1.19. The fourth-order valence-electron chi connectivity index (χ4n) is 3.41. The van der Waals surface area contributed by atoms with E-state index in [1.165, 1.54) is 24.6 Å². The summed E-state index contributed by atoms with van der Waals surface area (Å²) < 4.78 is 14.7. The van der Waals surface area contributed by atoms with Gasteiger partial charge < -0.3 is 9.84 Å². The van der Waals surface area contributed by atoms with Gasteiger partial charge in [-0.25, -0.2) is 0 Å². The second-order valence-electron chi connectivity index (χ2n) is 8.00. The van der Waals surface area contributed by atoms with Crippen molar-refractivity contribution in [1.82, 2.24) is 8.75 Å². The molecule has 1 aliphatic rings. The maximum atomic E-state index is 11.9. The number of carboxylic acid groups (broad SMARTS) is 1. The number of hydrogen-bond donors (Lipinski definition) is 1. The maximum absolute atomic E-state index is 11.9. The second-order valence-corrected chi connectivity index (χ2v) is 8.53. The molecule has 1 atom stereocenters. The molecule has 4 rings (SSSR count). The Kier molecular flexibility index (Phi) is 5.31. The van der Waals surface area contributed by atoms with Gasteiger partial charge in [-0.1, -0.05) is 26.0 Å². The molecule has 1 aliphatic carbocycles. The number of ether oxygens (including phenoxy) is 1. The van der Waals surface area contributed by atoms with Crippen LogP contribution >= 0.6 is 11.7 Å². The highest BCUT2D eigenvalue weighted by molar-refractivity contribution is 7.00. The number of aromatic nitrogens is 2. The lowest BCUT2D eigenvalue weighted by atomic mass is 9.88. The monoisotopic (exact) mass is 396 g/mol. The summed E-state index contributed by atoms with van der Waals surface area (Å²) in [7, 11) is 0. The minimum atomic E-state index is -0.787. The van der Waals surface area contributed by atoms with Crippen molar-refractivity contribution in [1.29, 1.82) is 0 Å². The van der Waals surface area contributed by atoms with E-state index in [0.29, 0.717) is 24.9 Å². The van der Waals surface area contributed by atoms with Gasteiger partial charge in [-0.3, -0.25) is 4.79 Å². The molecule has 0 aliphatic heterocycles. The van der Waals surface area contributed by atoms with E-state index in [1.54, 1.807) is 0 Å². The molecule has 1 unspecified atom stereocenters. The van der Waals surface area contributed by atoms with E-state index in [-0.39, 0.29) is 0 Å². The van der Waals surface area contributed by atoms with Crippen molar-refractivity contribution < 1.29 is 14.6 Å². The summed E-state index contributed by atoms with van der Waals surface area (Å²) in [6.07, 6.45) is 3.05. The smallest absolute Gasteiger partial charge is 0.310 e. The lowest BCUT2D eigenvalue weighted by molar-refractivity contribution is -0.139. The van der Waals surface area contributed by atoms with Crippen molar-refractivity contribution >= 4 is 28.7 Å². The molecule has 1 aromatic heterocycles. The second kappa shape index (κ2) is 7.87. The van der Waals surface area contributed by atoms with E-state index in [2.05, 4.69) is 8.75 Å². The number of hydrogen-bond acceptors (Lipinski definition) is 5. The molecule has 1 N–H and O–H groups in total. The average Bonchev–Trinajstić information content (AvgIpc) is 3.38. The summed E-state index contributed by atoms with van der Waals surface area (Å²) in [6, 6.07) is 11.8. The van der Waals surface area contributed by atoms with Gasteiger partial charge in [0.2, 0.25) is 0 Å². The Hall–Kier alpha value is -2.47. The van der Waals surface area contributed by atoms with Crippen LogP contribution in [0.4, 0.5) is 0 Å². The van der Waals surface area contributed by atoms with Gasteiger partial charge in [0, 0.05) is 5.56 Å². The Morgan fingerprint density at radius 2 is 1.96 bits per heavy atom. The van der Waals surface area contributed by atoms with Gasteiger partial charge in [0.15, 0.2) is 0 Å². The molecule has 0 amide bonds. The topological polar surface area (TPSA) is 72.3 Å². The molecule has 146 valence electrons. The van der Waals surface area contributed by atoms with E-state index in [0.717, 1.165) is 33.5 Å². The highest BCUT2D eigenvalue weighted by atomic mass is 32.1. The standard InChI is InChI=1S/C22H24N2O3S/c1-13(2)9-18(22(25)26)15-6-8-21(27-12-14-3-4-14)17(10-15)16-5-7-19-20(11-16)24-28-23-19/h5-8,10-11,13-14,18H,3-4,9,12H2,1-2H3,(H,25,26). The molecule has 1 saturated carbocycles. The summed E-state index contributed by atoms with van der Waals surface area (Å²) in [4.78, 5) is 11.9. The predicted molar refractivity (Wildman–Crippen MR) is 111 cm³/mol. The van der Waals surface area contributed by atoms with Crippen LogP contribution in [-0.4, -0.2) is 26.4 Å². The molecule has 1 fully saturated rings. The Labute approximate surface area is 168 Å². The average molecular weight is 397 g/mol. The van der Waals surface area contributed by atoms with Crippen LogP contribution in [0.2, 0.25) is 0 Å². The van der Waals surface area contributed by atoms with Crippen molar-refractivity contribution in [2.75, 3.05) is 6.61 Å². The summed E-state index contributed by atoms with van der Waals surface area (Å²) in [6.45, 7) is 4.81. The van der Waals surface area contributed by atoms with Crippen LogP contribution < -0.4 is 4.74 Å². The number of aliphatic carboxylic acids is 1. The number of carboxylic acids is 1. The Morgan fingerprint density at radius 3 is 2.68 bits per heavy atom. The zero-order valence-electron chi connectivity index (χ0n) is 16.1. The van der Waals surface area contributed by atoms with Crippen molar-refractivity contribution in [3.8, 4) is 16.9 Å². The van der Waals surface area contributed by atoms with Gasteiger partial charge in [-0.2, -0.15) is 8.75 Å². The third kappa shape index (κ3) is 4.17. The minimum Gasteiger partial charge on any atom is -0.493 e. The molecule has 2 aromatic carbocycles. The van der Waals surface area contributed by atoms with Crippen LogP contribution in [0, 0.1) is 11.8 Å². The van der Waals surface area contributed by atoms with Gasteiger partial charge in [-0.05, 0) is 66.5 Å². The van der Waals surface area contributed by atoms with E-state index in [1.807, 2.05) is 50.2 Å². The zero-order chi connectivity index (χ0) is 19.7. The van der Waals surface area contributed by atoms with Gasteiger partial charge in [0.25, 0.3) is 0 Å². The Bertz CT molecular complexity index is 994. The molecule has 6 heteroatoms. The van der Waals surface area contributed by atoms with E-state index in [9.17, 15) is 9.90 Å². The summed E-state index contributed by atoms with van der Waals surface area (Å²) in [5.41, 5.74) is 4.42. The van der Waals surface area contributed by atoms with Crippen LogP contribution in [0.25, 0.3) is 22.2 Å². The lowest BCUT2D eigenvalue weighted by Crippen LogP contribution is -2.14. The molecule has 3 aromatic rings. The largest absolute Gasteiger partial charge is 0.493 e. The first-order valence-electron chi connectivity index (χ1n) is 9.73. The highest BCUT2D eigenvalue weighted by Crippen LogP contribution is 2.37. The van der Waals surface area contributed by atoms with Crippen LogP contribution in [0.1, 0.15) is 44.6 Å². The fraction of sp³-hybridized carbons (Fsp3) is 0.409. The molecule has 5 nitrogen and oxygen atoms in total. The van der Waals surface area contributed by atoms with Gasteiger partial charge in [0.05, 0.1) is 24.3 Å². The Balaban J connectivity index is 1.75. The summed E-state index contributed by atoms with van der Waals surface area (Å²) in [5.74, 6) is 0.427. The third-order valence-electron chi connectivity index (χ3n) is 5.15.